The summed E-state index contributed by atoms with van der Waals surface area (Å²) in [6, 6.07) is 4.46. The fourth-order valence-electron chi connectivity index (χ4n) is 3.65. The van der Waals surface area contributed by atoms with Crippen LogP contribution in [0.2, 0.25) is 0 Å². The van der Waals surface area contributed by atoms with E-state index in [0.717, 1.165) is 29.2 Å². The maximum atomic E-state index is 11.2. The van der Waals surface area contributed by atoms with Crippen LogP contribution >= 0.6 is 15.9 Å². The molecule has 1 aromatic heterocycles. The van der Waals surface area contributed by atoms with Crippen molar-refractivity contribution < 1.29 is 9.90 Å². The summed E-state index contributed by atoms with van der Waals surface area (Å²) in [5.74, 6) is 0. The van der Waals surface area contributed by atoms with E-state index in [9.17, 15) is 4.79 Å². The maximum absolute atomic E-state index is 11.2. The molecule has 1 aromatic carbocycles. The quantitative estimate of drug-likeness (QED) is 0.847. The molecule has 1 fully saturated rings. The summed E-state index contributed by atoms with van der Waals surface area (Å²) < 4.78 is 1.06. The van der Waals surface area contributed by atoms with Gasteiger partial charge in [-0.3, -0.25) is 4.98 Å². The van der Waals surface area contributed by atoms with E-state index in [1.807, 2.05) is 12.4 Å². The lowest BCUT2D eigenvalue weighted by atomic mass is 9.97. The molecular weight excluding hydrogens is 346 g/mol. The van der Waals surface area contributed by atoms with Gasteiger partial charge in [0, 0.05) is 59.0 Å². The summed E-state index contributed by atoms with van der Waals surface area (Å²) >= 11 is 3.61. The van der Waals surface area contributed by atoms with Gasteiger partial charge in [-0.15, -0.1) is 0 Å². The van der Waals surface area contributed by atoms with Crippen molar-refractivity contribution in [3.63, 3.8) is 0 Å². The summed E-state index contributed by atoms with van der Waals surface area (Å²) in [7, 11) is 0. The predicted octanol–water partition coefficient (Wildman–Crippen LogP) is 3.11. The zero-order valence-corrected chi connectivity index (χ0v) is 13.6. The van der Waals surface area contributed by atoms with E-state index in [0.29, 0.717) is 13.1 Å². The van der Waals surface area contributed by atoms with Gasteiger partial charge in [-0.05, 0) is 30.5 Å². The van der Waals surface area contributed by atoms with Gasteiger partial charge in [-0.25, -0.2) is 4.79 Å². The molecule has 1 atom stereocenters. The Kier molecular flexibility index (Phi) is 3.22. The zero-order chi connectivity index (χ0) is 15.3. The number of halogens is 1. The lowest BCUT2D eigenvalue weighted by Gasteiger charge is -2.36. The highest BCUT2D eigenvalue weighted by atomic mass is 79.9. The molecule has 114 valence electrons. The molecule has 2 aliphatic rings. The largest absolute Gasteiger partial charge is 0.465 e. The maximum Gasteiger partial charge on any atom is 0.407 e. The van der Waals surface area contributed by atoms with Crippen molar-refractivity contribution >= 4 is 38.5 Å². The minimum Gasteiger partial charge on any atom is -0.465 e. The Hall–Kier alpha value is -1.82. The number of hydrogen-bond donors (Lipinski definition) is 1. The molecule has 1 saturated heterocycles. The molecule has 22 heavy (non-hydrogen) atoms. The smallest absolute Gasteiger partial charge is 0.407 e. The lowest BCUT2D eigenvalue weighted by molar-refractivity contribution is 0.155. The highest BCUT2D eigenvalue weighted by Gasteiger charge is 2.33. The molecule has 0 radical (unpaired) electrons. The highest BCUT2D eigenvalue weighted by molar-refractivity contribution is 9.10. The topological polar surface area (TPSA) is 56.7 Å². The van der Waals surface area contributed by atoms with E-state index >= 15 is 0 Å². The van der Waals surface area contributed by atoms with Gasteiger partial charge in [0.2, 0.25) is 0 Å². The third kappa shape index (κ3) is 2.05. The minimum absolute atomic E-state index is 0.266. The number of likely N-dealkylation sites (tertiary alicyclic amines) is 1. The van der Waals surface area contributed by atoms with Crippen molar-refractivity contribution in [2.45, 2.75) is 18.9 Å². The average Bonchev–Trinajstić information content (AvgIpc) is 3.01. The van der Waals surface area contributed by atoms with E-state index in [1.54, 1.807) is 0 Å². The molecule has 0 aliphatic carbocycles. The first kappa shape index (κ1) is 13.8. The van der Waals surface area contributed by atoms with Gasteiger partial charge in [0.25, 0.3) is 0 Å². The molecule has 0 bridgehead atoms. The second kappa shape index (κ2) is 5.12. The van der Waals surface area contributed by atoms with Crippen LogP contribution in [0.5, 0.6) is 0 Å². The number of carboxylic acid groups (broad SMARTS) is 1. The van der Waals surface area contributed by atoms with E-state index in [4.69, 9.17) is 5.11 Å². The van der Waals surface area contributed by atoms with Crippen LogP contribution in [0.1, 0.15) is 12.0 Å². The number of anilines is 1. The Morgan fingerprint density at radius 2 is 2.18 bits per heavy atom. The molecule has 1 N–H and O–H groups in total. The van der Waals surface area contributed by atoms with E-state index in [2.05, 4.69) is 37.9 Å². The normalized spacial score (nSPS) is 20.7. The molecule has 2 aromatic rings. The number of aromatic nitrogens is 1. The SMILES string of the molecule is O=C(O)N1CCC(N2CCc3cncc4c(Br)ccc2c34)C1. The molecule has 4 rings (SSSR count). The van der Waals surface area contributed by atoms with Gasteiger partial charge in [0.15, 0.2) is 0 Å². The Balaban J connectivity index is 1.77. The molecule has 3 heterocycles. The second-order valence-electron chi connectivity index (χ2n) is 5.90. The van der Waals surface area contributed by atoms with E-state index in [1.165, 1.54) is 21.5 Å². The first-order chi connectivity index (χ1) is 10.6. The Labute approximate surface area is 136 Å². The summed E-state index contributed by atoms with van der Waals surface area (Å²) in [5.41, 5.74) is 2.48. The number of benzene rings is 1. The Morgan fingerprint density at radius 3 is 2.95 bits per heavy atom. The van der Waals surface area contributed by atoms with Crippen LogP contribution in [0.15, 0.2) is 29.0 Å². The highest BCUT2D eigenvalue weighted by Crippen LogP contribution is 2.39. The van der Waals surface area contributed by atoms with Crippen molar-refractivity contribution in [1.29, 1.82) is 0 Å². The van der Waals surface area contributed by atoms with Crippen LogP contribution in [0.4, 0.5) is 10.5 Å². The van der Waals surface area contributed by atoms with E-state index < -0.39 is 6.09 Å². The molecule has 1 unspecified atom stereocenters. The molecule has 0 saturated carbocycles. The van der Waals surface area contributed by atoms with Gasteiger partial charge >= 0.3 is 6.09 Å². The number of rotatable bonds is 1. The standard InChI is InChI=1S/C16H16BrN3O2/c17-13-1-2-14-15-10(7-18-8-12(13)15)3-6-20(14)11-4-5-19(9-11)16(21)22/h1-2,7-8,11H,3-6,9H2,(H,21,22). The summed E-state index contributed by atoms with van der Waals surface area (Å²) in [5, 5.41) is 11.6. The predicted molar refractivity (Wildman–Crippen MR) is 88.5 cm³/mol. The van der Waals surface area contributed by atoms with Crippen LogP contribution in [0.3, 0.4) is 0 Å². The number of nitrogens with zero attached hydrogens (tertiary/aromatic N) is 3. The zero-order valence-electron chi connectivity index (χ0n) is 12.0. The van der Waals surface area contributed by atoms with Crippen molar-refractivity contribution in [1.82, 2.24) is 9.88 Å². The monoisotopic (exact) mass is 361 g/mol. The van der Waals surface area contributed by atoms with Gasteiger partial charge in [-0.2, -0.15) is 0 Å². The van der Waals surface area contributed by atoms with Crippen LogP contribution in [0, 0.1) is 0 Å². The molecule has 2 aliphatic heterocycles. The van der Waals surface area contributed by atoms with Gasteiger partial charge < -0.3 is 14.9 Å². The average molecular weight is 362 g/mol. The van der Waals surface area contributed by atoms with Gasteiger partial charge in [0.1, 0.15) is 0 Å². The van der Waals surface area contributed by atoms with Crippen molar-refractivity contribution in [2.24, 2.45) is 0 Å². The van der Waals surface area contributed by atoms with Crippen LogP contribution in [-0.2, 0) is 6.42 Å². The third-order valence-corrected chi connectivity index (χ3v) is 5.42. The van der Waals surface area contributed by atoms with Crippen LogP contribution < -0.4 is 4.90 Å². The van der Waals surface area contributed by atoms with E-state index in [-0.39, 0.29) is 6.04 Å². The van der Waals surface area contributed by atoms with Crippen molar-refractivity contribution in [3.8, 4) is 0 Å². The van der Waals surface area contributed by atoms with Crippen LogP contribution in [-0.4, -0.2) is 46.8 Å². The summed E-state index contributed by atoms with van der Waals surface area (Å²) in [6.07, 6.45) is 4.88. The molecule has 5 nitrogen and oxygen atoms in total. The summed E-state index contributed by atoms with van der Waals surface area (Å²) in [6.45, 7) is 2.14. The molecule has 1 amide bonds. The number of pyridine rings is 1. The van der Waals surface area contributed by atoms with Crippen molar-refractivity contribution in [2.75, 3.05) is 24.5 Å². The fraction of sp³-hybridized carbons (Fsp3) is 0.375. The third-order valence-electron chi connectivity index (χ3n) is 4.73. The number of hydrogen-bond acceptors (Lipinski definition) is 3. The Morgan fingerprint density at radius 1 is 1.32 bits per heavy atom. The number of amides is 1. The van der Waals surface area contributed by atoms with Crippen molar-refractivity contribution in [3.05, 3.63) is 34.6 Å². The minimum atomic E-state index is -0.815. The van der Waals surface area contributed by atoms with Gasteiger partial charge in [0.05, 0.1) is 0 Å². The lowest BCUT2D eigenvalue weighted by Crippen LogP contribution is -2.41. The second-order valence-corrected chi connectivity index (χ2v) is 6.76. The Bertz CT molecular complexity index is 764. The number of carbonyl (C=O) groups is 1. The molecular formula is C16H16BrN3O2. The van der Waals surface area contributed by atoms with Crippen LogP contribution in [0.25, 0.3) is 10.8 Å². The fourth-order valence-corrected chi connectivity index (χ4v) is 4.08. The summed E-state index contributed by atoms with van der Waals surface area (Å²) in [4.78, 5) is 19.4. The molecule has 0 spiro atoms. The first-order valence-electron chi connectivity index (χ1n) is 7.45. The molecule has 6 heteroatoms. The first-order valence-corrected chi connectivity index (χ1v) is 8.24. The van der Waals surface area contributed by atoms with Gasteiger partial charge in [-0.1, -0.05) is 15.9 Å².